The number of rotatable bonds is 2. The Morgan fingerprint density at radius 1 is 1.35 bits per heavy atom. The van der Waals surface area contributed by atoms with Gasteiger partial charge in [-0.2, -0.15) is 0 Å². The lowest BCUT2D eigenvalue weighted by Crippen LogP contribution is -2.14. The van der Waals surface area contributed by atoms with E-state index in [4.69, 9.17) is 4.52 Å². The molecule has 1 N–H and O–H groups in total. The Morgan fingerprint density at radius 3 is 2.76 bits per heavy atom. The molecule has 0 aliphatic heterocycles. The highest BCUT2D eigenvalue weighted by molar-refractivity contribution is 6.03. The number of carbonyl (C=O) groups excluding carboxylic acids is 1. The zero-order valence-electron chi connectivity index (χ0n) is 8.83. The summed E-state index contributed by atoms with van der Waals surface area (Å²) in [5.74, 6) is -1.62. The maximum absolute atomic E-state index is 13.3. The third kappa shape index (κ3) is 2.47. The van der Waals surface area contributed by atoms with Crippen LogP contribution in [0.15, 0.2) is 28.8 Å². The predicted octanol–water partition coefficient (Wildman–Crippen LogP) is 2.51. The molecule has 0 aliphatic carbocycles. The molecule has 0 unspecified atom stereocenters. The fourth-order valence-corrected chi connectivity index (χ4v) is 1.28. The summed E-state index contributed by atoms with van der Waals surface area (Å²) in [6.07, 6.45) is 0. The molecular formula is C11H8F2N2O2. The van der Waals surface area contributed by atoms with Crippen LogP contribution in [0, 0.1) is 18.6 Å². The number of hydrogen-bond donors (Lipinski definition) is 1. The Hall–Kier alpha value is -2.24. The molecule has 4 nitrogen and oxygen atoms in total. The van der Waals surface area contributed by atoms with Gasteiger partial charge in [0.15, 0.2) is 5.82 Å². The Labute approximate surface area is 95.2 Å². The van der Waals surface area contributed by atoms with Crippen molar-refractivity contribution in [3.8, 4) is 0 Å². The molecule has 0 bridgehead atoms. The van der Waals surface area contributed by atoms with Gasteiger partial charge in [-0.05, 0) is 25.1 Å². The van der Waals surface area contributed by atoms with Crippen LogP contribution in [0.25, 0.3) is 0 Å². The molecule has 2 aromatic rings. The maximum Gasteiger partial charge on any atom is 0.259 e. The molecule has 1 amide bonds. The molecule has 0 atom stereocenters. The standard InChI is InChI=1S/C11H8F2N2O2/c1-6-4-10(15-17-6)14-11(16)8-5-7(12)2-3-9(8)13/h2-5H,1H3,(H,14,15,16). The first-order valence-corrected chi connectivity index (χ1v) is 4.76. The van der Waals surface area contributed by atoms with Crippen molar-refractivity contribution in [2.24, 2.45) is 0 Å². The van der Waals surface area contributed by atoms with Gasteiger partial charge in [0.25, 0.3) is 5.91 Å². The van der Waals surface area contributed by atoms with Gasteiger partial charge in [0, 0.05) is 6.07 Å². The normalized spacial score (nSPS) is 10.3. The third-order valence-corrected chi connectivity index (χ3v) is 2.04. The van der Waals surface area contributed by atoms with Crippen LogP contribution in [-0.4, -0.2) is 11.1 Å². The molecule has 0 radical (unpaired) electrons. The molecule has 1 aromatic carbocycles. The predicted molar refractivity (Wildman–Crippen MR) is 55.6 cm³/mol. The highest BCUT2D eigenvalue weighted by atomic mass is 19.1. The highest BCUT2D eigenvalue weighted by Crippen LogP contribution is 2.13. The summed E-state index contributed by atoms with van der Waals surface area (Å²) >= 11 is 0. The van der Waals surface area contributed by atoms with E-state index >= 15 is 0 Å². The topological polar surface area (TPSA) is 55.1 Å². The fourth-order valence-electron chi connectivity index (χ4n) is 1.28. The molecule has 17 heavy (non-hydrogen) atoms. The van der Waals surface area contributed by atoms with Crippen molar-refractivity contribution in [3.05, 3.63) is 47.2 Å². The van der Waals surface area contributed by atoms with E-state index in [1.165, 1.54) is 6.07 Å². The molecule has 88 valence electrons. The minimum atomic E-state index is -0.802. The van der Waals surface area contributed by atoms with E-state index in [0.717, 1.165) is 18.2 Å². The minimum Gasteiger partial charge on any atom is -0.360 e. The maximum atomic E-state index is 13.3. The number of amides is 1. The first kappa shape index (κ1) is 11.3. The molecule has 1 heterocycles. The second kappa shape index (κ2) is 4.32. The number of nitrogens with one attached hydrogen (secondary N) is 1. The Bertz CT molecular complexity index is 566. The van der Waals surface area contributed by atoms with Crippen molar-refractivity contribution >= 4 is 11.7 Å². The molecule has 0 fully saturated rings. The van der Waals surface area contributed by atoms with Gasteiger partial charge in [-0.25, -0.2) is 8.78 Å². The Kier molecular flexibility index (Phi) is 2.86. The van der Waals surface area contributed by atoms with Crippen molar-refractivity contribution < 1.29 is 18.1 Å². The number of halogens is 2. The minimum absolute atomic E-state index is 0.149. The van der Waals surface area contributed by atoms with Gasteiger partial charge in [-0.15, -0.1) is 0 Å². The van der Waals surface area contributed by atoms with E-state index in [2.05, 4.69) is 10.5 Å². The summed E-state index contributed by atoms with van der Waals surface area (Å²) in [6.45, 7) is 1.64. The van der Waals surface area contributed by atoms with E-state index in [1.807, 2.05) is 0 Å². The molecular weight excluding hydrogens is 230 g/mol. The van der Waals surface area contributed by atoms with Gasteiger partial charge in [0.1, 0.15) is 17.4 Å². The summed E-state index contributed by atoms with van der Waals surface area (Å²) in [6, 6.07) is 4.11. The quantitative estimate of drug-likeness (QED) is 0.874. The van der Waals surface area contributed by atoms with Crippen molar-refractivity contribution in [1.82, 2.24) is 5.16 Å². The lowest BCUT2D eigenvalue weighted by molar-refractivity contribution is 0.102. The Morgan fingerprint density at radius 2 is 2.12 bits per heavy atom. The zero-order valence-corrected chi connectivity index (χ0v) is 8.83. The van der Waals surface area contributed by atoms with Gasteiger partial charge in [-0.3, -0.25) is 4.79 Å². The monoisotopic (exact) mass is 238 g/mol. The molecule has 6 heteroatoms. The number of benzene rings is 1. The summed E-state index contributed by atoms with van der Waals surface area (Å²) in [5, 5.41) is 5.81. The summed E-state index contributed by atoms with van der Waals surface area (Å²) in [7, 11) is 0. The van der Waals surface area contributed by atoms with Gasteiger partial charge >= 0.3 is 0 Å². The molecule has 0 aliphatic rings. The molecule has 2 rings (SSSR count). The van der Waals surface area contributed by atoms with Crippen molar-refractivity contribution in [1.29, 1.82) is 0 Å². The molecule has 0 saturated carbocycles. The number of anilines is 1. The summed E-state index contributed by atoms with van der Waals surface area (Å²) < 4.78 is 30.8. The smallest absolute Gasteiger partial charge is 0.259 e. The van der Waals surface area contributed by atoms with Crippen LogP contribution >= 0.6 is 0 Å². The highest BCUT2D eigenvalue weighted by Gasteiger charge is 2.14. The zero-order chi connectivity index (χ0) is 12.4. The van der Waals surface area contributed by atoms with Crippen LogP contribution in [0.2, 0.25) is 0 Å². The fraction of sp³-hybridized carbons (Fsp3) is 0.0909. The van der Waals surface area contributed by atoms with Gasteiger partial charge in [0.05, 0.1) is 5.56 Å². The number of aryl methyl sites for hydroxylation is 1. The van der Waals surface area contributed by atoms with E-state index in [9.17, 15) is 13.6 Å². The van der Waals surface area contributed by atoms with E-state index in [1.54, 1.807) is 6.92 Å². The van der Waals surface area contributed by atoms with Crippen molar-refractivity contribution in [2.45, 2.75) is 6.92 Å². The molecule has 0 saturated heterocycles. The largest absolute Gasteiger partial charge is 0.360 e. The van der Waals surface area contributed by atoms with Crippen LogP contribution in [0.5, 0.6) is 0 Å². The van der Waals surface area contributed by atoms with Gasteiger partial charge in [0.2, 0.25) is 0 Å². The van der Waals surface area contributed by atoms with Crippen LogP contribution in [0.3, 0.4) is 0 Å². The average molecular weight is 238 g/mol. The van der Waals surface area contributed by atoms with Crippen molar-refractivity contribution in [2.75, 3.05) is 5.32 Å². The molecule has 1 aromatic heterocycles. The third-order valence-electron chi connectivity index (χ3n) is 2.04. The van der Waals surface area contributed by atoms with Gasteiger partial charge < -0.3 is 9.84 Å². The number of aromatic nitrogens is 1. The summed E-state index contributed by atoms with van der Waals surface area (Å²) in [5.41, 5.74) is -0.384. The summed E-state index contributed by atoms with van der Waals surface area (Å²) in [4.78, 5) is 11.6. The lowest BCUT2D eigenvalue weighted by atomic mass is 10.2. The van der Waals surface area contributed by atoms with Crippen LogP contribution in [-0.2, 0) is 0 Å². The first-order valence-electron chi connectivity index (χ1n) is 4.76. The van der Waals surface area contributed by atoms with Crippen LogP contribution in [0.1, 0.15) is 16.1 Å². The van der Waals surface area contributed by atoms with E-state index in [0.29, 0.717) is 5.76 Å². The van der Waals surface area contributed by atoms with Crippen LogP contribution in [0.4, 0.5) is 14.6 Å². The van der Waals surface area contributed by atoms with Crippen LogP contribution < -0.4 is 5.32 Å². The first-order chi connectivity index (χ1) is 8.06. The number of hydrogen-bond acceptors (Lipinski definition) is 3. The SMILES string of the molecule is Cc1cc(NC(=O)c2cc(F)ccc2F)no1. The molecule has 0 spiro atoms. The number of carbonyl (C=O) groups is 1. The van der Waals surface area contributed by atoms with Gasteiger partial charge in [-0.1, -0.05) is 5.16 Å². The van der Waals surface area contributed by atoms with E-state index in [-0.39, 0.29) is 11.4 Å². The van der Waals surface area contributed by atoms with Crippen molar-refractivity contribution in [3.63, 3.8) is 0 Å². The average Bonchev–Trinajstić information content (AvgIpc) is 2.67. The van der Waals surface area contributed by atoms with E-state index < -0.39 is 17.5 Å². The lowest BCUT2D eigenvalue weighted by Gasteiger charge is -2.02. The second-order valence-corrected chi connectivity index (χ2v) is 3.40. The second-order valence-electron chi connectivity index (χ2n) is 3.40. The number of nitrogens with zero attached hydrogens (tertiary/aromatic N) is 1. The Balaban J connectivity index is 2.22.